The number of aromatic nitrogens is 13. The Bertz CT molecular complexity index is 5690. The highest BCUT2D eigenvalue weighted by Gasteiger charge is 2.32. The summed E-state index contributed by atoms with van der Waals surface area (Å²) in [4.78, 5) is 76.0. The van der Waals surface area contributed by atoms with Crippen molar-refractivity contribution in [3.63, 3.8) is 0 Å². The van der Waals surface area contributed by atoms with Crippen molar-refractivity contribution in [3.8, 4) is 28.7 Å². The van der Waals surface area contributed by atoms with Gasteiger partial charge in [0.15, 0.2) is 0 Å². The fourth-order valence-electron chi connectivity index (χ4n) is 19.7. The maximum Gasteiger partial charge on any atom is 0.149 e. The van der Waals surface area contributed by atoms with Gasteiger partial charge in [-0.2, -0.15) is 0 Å². The van der Waals surface area contributed by atoms with Gasteiger partial charge in [0.2, 0.25) is 0 Å². The SMILES string of the molecule is CC1=CC(NC2CCC(Oc3cc(N4CCOCC4)cc4nccnc34)CC2)=NC1.CCc1ccnc(CC2CCC(Oc3cc(N4CCOCC4)cc4nccnc34)CC2)n1.CN1CCc2nc(CC3CCC(Oc4cc(N5CCOCC5)cc5nccnc45)CC3)ncc2C1.c1cnc2c(OC3CCC(Nc4ccc(OC5COC5)cn4)CC3)cc(N3CCOCC3)cc2n1. The minimum Gasteiger partial charge on any atom is -0.488 e. The molecule has 694 valence electrons. The van der Waals surface area contributed by atoms with Crippen LogP contribution in [0.5, 0.6) is 28.7 Å². The van der Waals surface area contributed by atoms with Crippen molar-refractivity contribution in [3.05, 3.63) is 175 Å². The Morgan fingerprint density at radius 3 is 1.18 bits per heavy atom. The summed E-state index contributed by atoms with van der Waals surface area (Å²) in [6, 6.07) is 23.8. The predicted molar refractivity (Wildman–Crippen MR) is 510 cm³/mol. The number of hydrogen-bond donors (Lipinski definition) is 2. The zero-order valence-electron chi connectivity index (χ0n) is 76.5. The maximum atomic E-state index is 6.59. The van der Waals surface area contributed by atoms with Crippen LogP contribution in [0.25, 0.3) is 44.1 Å². The van der Waals surface area contributed by atoms with Crippen molar-refractivity contribution in [1.82, 2.24) is 75.0 Å². The maximum absolute atomic E-state index is 6.59. The lowest BCUT2D eigenvalue weighted by atomic mass is 9.85. The summed E-state index contributed by atoms with van der Waals surface area (Å²) in [7, 11) is 2.16. The van der Waals surface area contributed by atoms with Gasteiger partial charge in [-0.15, -0.1) is 0 Å². The molecule has 5 saturated heterocycles. The van der Waals surface area contributed by atoms with Gasteiger partial charge >= 0.3 is 0 Å². The zero-order chi connectivity index (χ0) is 89.2. The van der Waals surface area contributed by atoms with Crippen LogP contribution in [0, 0.1) is 11.8 Å². The number of ether oxygens (including phenoxy) is 10. The van der Waals surface area contributed by atoms with Gasteiger partial charge in [0, 0.05) is 223 Å². The Morgan fingerprint density at radius 2 is 0.795 bits per heavy atom. The number of nitrogens with zero attached hydrogens (tertiary/aromatic N) is 19. The lowest BCUT2D eigenvalue weighted by Gasteiger charge is -2.31. The van der Waals surface area contributed by atoms with Gasteiger partial charge in [-0.25, -0.2) is 44.9 Å². The first-order chi connectivity index (χ1) is 65.0. The van der Waals surface area contributed by atoms with Crippen molar-refractivity contribution in [2.24, 2.45) is 16.8 Å². The Balaban J connectivity index is 0.000000114. The van der Waals surface area contributed by atoms with Crippen LogP contribution in [-0.4, -0.2) is 257 Å². The molecule has 7 aliphatic heterocycles. The molecule has 0 unspecified atom stereocenters. The Labute approximate surface area is 772 Å². The largest absolute Gasteiger partial charge is 0.488 e. The number of pyridine rings is 1. The van der Waals surface area contributed by atoms with E-state index in [2.05, 4.69) is 177 Å². The highest BCUT2D eigenvalue weighted by molar-refractivity contribution is 5.95. The number of nitrogens with one attached hydrogen (secondary N) is 2. The van der Waals surface area contributed by atoms with Crippen LogP contribution in [-0.2, 0) is 55.9 Å². The molecule has 2 N–H and O–H groups in total. The molecule has 4 aromatic carbocycles. The van der Waals surface area contributed by atoms with E-state index in [0.29, 0.717) is 37.1 Å². The summed E-state index contributed by atoms with van der Waals surface area (Å²) >= 11 is 0. The Hall–Kier alpha value is -11.5. The third-order valence-corrected chi connectivity index (χ3v) is 27.2. The number of anilines is 5. The Kier molecular flexibility index (Phi) is 29.9. The van der Waals surface area contributed by atoms with Crippen LogP contribution in [0.2, 0.25) is 0 Å². The van der Waals surface area contributed by atoms with Gasteiger partial charge in [0.25, 0.3) is 0 Å². The number of fused-ring (bicyclic) bond motifs is 5. The number of amidine groups is 1. The molecule has 0 spiro atoms. The summed E-state index contributed by atoms with van der Waals surface area (Å²) in [5.74, 6) is 9.31. The number of benzene rings is 4. The number of likely N-dealkylation sites (N-methyl/N-ethyl adjacent to an activating group) is 1. The van der Waals surface area contributed by atoms with Crippen molar-refractivity contribution in [2.45, 2.75) is 191 Å². The molecule has 9 fully saturated rings. The number of aliphatic imine (C=N–C) groups is 1. The van der Waals surface area contributed by atoms with Gasteiger partial charge in [0.1, 0.15) is 80.2 Å². The monoisotopic (exact) mass is 1790 g/mol. The first kappa shape index (κ1) is 89.7. The molecule has 7 aromatic heterocycles. The highest BCUT2D eigenvalue weighted by Crippen LogP contribution is 2.41. The fourth-order valence-corrected chi connectivity index (χ4v) is 19.7. The van der Waals surface area contributed by atoms with E-state index in [-0.39, 0.29) is 30.5 Å². The normalized spacial score (nSPS) is 23.1. The first-order valence-electron chi connectivity index (χ1n) is 48.3. The van der Waals surface area contributed by atoms with Gasteiger partial charge < -0.3 is 82.5 Å². The van der Waals surface area contributed by atoms with E-state index in [1.807, 2.05) is 24.4 Å². The zero-order valence-corrected chi connectivity index (χ0v) is 76.5. The quantitative estimate of drug-likeness (QED) is 0.0637. The van der Waals surface area contributed by atoms with E-state index in [1.54, 1.807) is 55.8 Å². The van der Waals surface area contributed by atoms with Crippen molar-refractivity contribution in [1.29, 1.82) is 0 Å². The third-order valence-electron chi connectivity index (χ3n) is 27.2. The van der Waals surface area contributed by atoms with E-state index in [1.165, 1.54) is 16.8 Å². The minimum absolute atomic E-state index is 0.156. The molecule has 31 nitrogen and oxygen atoms in total. The van der Waals surface area contributed by atoms with Crippen LogP contribution >= 0.6 is 0 Å². The highest BCUT2D eigenvalue weighted by atomic mass is 16.6. The average Bonchev–Trinajstić information content (AvgIpc) is 0.969. The van der Waals surface area contributed by atoms with Crippen LogP contribution in [0.3, 0.4) is 0 Å². The average molecular weight is 1790 g/mol. The number of morpholine rings is 4. The molecule has 11 aromatic rings. The molecule has 0 radical (unpaired) electrons. The van der Waals surface area contributed by atoms with E-state index < -0.39 is 0 Å². The molecule has 31 heteroatoms. The van der Waals surface area contributed by atoms with Gasteiger partial charge in [-0.05, 0) is 189 Å². The third kappa shape index (κ3) is 23.6. The predicted octanol–water partition coefficient (Wildman–Crippen LogP) is 14.0. The van der Waals surface area contributed by atoms with Gasteiger partial charge in [0.05, 0.1) is 125 Å². The van der Waals surface area contributed by atoms with Crippen LogP contribution in [0.4, 0.5) is 28.6 Å². The lowest BCUT2D eigenvalue weighted by Crippen LogP contribution is -2.38. The molecule has 22 rings (SSSR count). The molecule has 4 saturated carbocycles. The summed E-state index contributed by atoms with van der Waals surface area (Å²) in [5.41, 5.74) is 16.4. The van der Waals surface area contributed by atoms with Gasteiger partial charge in [-0.3, -0.25) is 24.9 Å². The first-order valence-corrected chi connectivity index (χ1v) is 48.3. The van der Waals surface area contributed by atoms with E-state index in [4.69, 9.17) is 57.3 Å². The minimum atomic E-state index is 0.156. The second kappa shape index (κ2) is 43.9. The van der Waals surface area contributed by atoms with Crippen molar-refractivity contribution in [2.75, 3.05) is 163 Å². The molecule has 0 amide bonds. The number of aryl methyl sites for hydroxylation is 1. The van der Waals surface area contributed by atoms with E-state index >= 15 is 0 Å². The van der Waals surface area contributed by atoms with Crippen LogP contribution in [0.1, 0.15) is 145 Å². The number of hydrogen-bond acceptors (Lipinski definition) is 31. The Morgan fingerprint density at radius 1 is 0.386 bits per heavy atom. The second-order valence-electron chi connectivity index (χ2n) is 36.7. The molecular weight excluding hydrogens is 1670 g/mol. The summed E-state index contributed by atoms with van der Waals surface area (Å²) in [6.07, 6.45) is 43.6. The summed E-state index contributed by atoms with van der Waals surface area (Å²) in [5, 5.41) is 7.16. The molecule has 14 heterocycles. The number of rotatable bonds is 22. The van der Waals surface area contributed by atoms with E-state index in [9.17, 15) is 0 Å². The summed E-state index contributed by atoms with van der Waals surface area (Å²) in [6.45, 7) is 21.5. The summed E-state index contributed by atoms with van der Waals surface area (Å²) < 4.78 is 59.2. The van der Waals surface area contributed by atoms with E-state index in [0.717, 1.165) is 378 Å². The molecular formula is C101H125N21O10. The second-order valence-corrected chi connectivity index (χ2v) is 36.7. The van der Waals surface area contributed by atoms with Crippen LogP contribution < -0.4 is 53.9 Å². The molecule has 0 atom stereocenters. The molecule has 0 bridgehead atoms. The van der Waals surface area contributed by atoms with Gasteiger partial charge in [-0.1, -0.05) is 6.92 Å². The fraction of sp³-hybridized carbons (Fsp3) is 0.525. The molecule has 132 heavy (non-hydrogen) atoms. The van der Waals surface area contributed by atoms with Crippen molar-refractivity contribution < 1.29 is 47.4 Å². The molecule has 11 aliphatic rings. The smallest absolute Gasteiger partial charge is 0.149 e. The molecule has 4 aliphatic carbocycles. The standard InChI is InChI=1S/C27H34N6O2.C26H31N5O4.C25H31N5O2.C23H29N5O2/c1-32-9-6-23-20(18-32)17-30-26(31-23)14-19-2-4-22(5-3-19)35-25-16-21(33-10-12-34-13-11-33)15-24-27(25)29-8-7-28-24;1-3-20(4-2-18(1)30-25-6-5-21(15-29-25)34-22-16-33-17-22)35-24-14-19(31-9-11-32-12-10-31)13-23-26(24)28-8-7-27-23;1-2-19-7-8-27-24(29-19)15-18-3-5-21(6-4-18)32-23-17-20(30-11-13-31-14-12-30)16-22-25(23)28-10-9-26-22;1-16-12-22(26-15-16)27-17-2-4-19(5-3-17)30-21-14-18(28-8-10-29-11-9-28)13-20-23(21)25-7-6-24-20/h7-8,15-17,19,22H,2-6,9-14,18H2,1H3;5-8,13-15,18,20,22H,1-4,9-12,16-17H2,(H,29,30);7-10,16-18,21H,2-6,11-15H2,1H3;6-7,12-14,17,19H,2-5,8-11,15H2,1H3,(H,26,27). The lowest BCUT2D eigenvalue weighted by molar-refractivity contribution is -0.0797. The topological polar surface area (TPSA) is 312 Å². The van der Waals surface area contributed by atoms with Crippen molar-refractivity contribution >= 4 is 78.5 Å². The van der Waals surface area contributed by atoms with Crippen LogP contribution in [0.15, 0.2) is 152 Å².